The Balaban J connectivity index is 2.31. The molecular formula is C14H17N3O3S. The molecule has 0 amide bonds. The van der Waals surface area contributed by atoms with E-state index in [9.17, 15) is 8.42 Å². The Morgan fingerprint density at radius 3 is 2.38 bits per heavy atom. The molecule has 5 N–H and O–H groups in total. The molecule has 0 spiro atoms. The highest BCUT2D eigenvalue weighted by atomic mass is 32.2. The van der Waals surface area contributed by atoms with Crippen LogP contribution in [0.2, 0.25) is 0 Å². The third-order valence-corrected chi connectivity index (χ3v) is 3.71. The number of primary sulfonamides is 1. The Kier molecular flexibility index (Phi) is 4.35. The largest absolute Gasteiger partial charge is 0.494 e. The zero-order valence-electron chi connectivity index (χ0n) is 11.5. The Labute approximate surface area is 123 Å². The third kappa shape index (κ3) is 3.87. The van der Waals surface area contributed by atoms with Crippen molar-refractivity contribution in [1.29, 1.82) is 0 Å². The fourth-order valence-corrected chi connectivity index (χ4v) is 2.56. The number of ether oxygens (including phenoxy) is 1. The maximum atomic E-state index is 11.6. The van der Waals surface area contributed by atoms with Gasteiger partial charge in [0.05, 0.1) is 12.3 Å². The quantitative estimate of drug-likeness (QED) is 0.733. The Bertz CT molecular complexity index is 728. The lowest BCUT2D eigenvalue weighted by Crippen LogP contribution is -2.14. The molecule has 2 aromatic rings. The molecule has 2 aromatic carbocycles. The summed E-state index contributed by atoms with van der Waals surface area (Å²) in [6.45, 7) is 2.49. The van der Waals surface area contributed by atoms with Crippen molar-refractivity contribution in [2.45, 2.75) is 11.8 Å². The summed E-state index contributed by atoms with van der Waals surface area (Å²) in [5.74, 6) is 0.743. The van der Waals surface area contributed by atoms with Crippen molar-refractivity contribution in [1.82, 2.24) is 0 Å². The van der Waals surface area contributed by atoms with Crippen LogP contribution in [0.25, 0.3) is 0 Å². The van der Waals surface area contributed by atoms with Crippen LogP contribution in [0.15, 0.2) is 47.4 Å². The van der Waals surface area contributed by atoms with E-state index in [4.69, 9.17) is 15.6 Å². The molecule has 0 aliphatic carbocycles. The molecule has 0 aliphatic rings. The normalized spacial score (nSPS) is 11.1. The van der Waals surface area contributed by atoms with Crippen LogP contribution in [-0.2, 0) is 10.0 Å². The van der Waals surface area contributed by atoms with E-state index in [1.54, 1.807) is 36.4 Å². The first-order valence-corrected chi connectivity index (χ1v) is 7.87. The highest BCUT2D eigenvalue weighted by Gasteiger charge is 2.14. The first-order valence-electron chi connectivity index (χ1n) is 6.32. The SMILES string of the molecule is CCOc1ccc(Nc2ccc(N)cc2S(N)(=O)=O)cc1. The topological polar surface area (TPSA) is 107 Å². The number of nitrogen functional groups attached to an aromatic ring is 1. The number of hydrogen-bond donors (Lipinski definition) is 3. The van der Waals surface area contributed by atoms with Crippen LogP contribution in [0.3, 0.4) is 0 Å². The van der Waals surface area contributed by atoms with Crippen molar-refractivity contribution < 1.29 is 13.2 Å². The van der Waals surface area contributed by atoms with Crippen LogP contribution < -0.4 is 20.9 Å². The Hall–Kier alpha value is -2.25. The van der Waals surface area contributed by atoms with Gasteiger partial charge in [-0.15, -0.1) is 0 Å². The van der Waals surface area contributed by atoms with Gasteiger partial charge in [-0.05, 0) is 49.4 Å². The van der Waals surface area contributed by atoms with E-state index < -0.39 is 10.0 Å². The number of nitrogens with one attached hydrogen (secondary N) is 1. The molecule has 0 saturated carbocycles. The molecule has 0 aliphatic heterocycles. The summed E-state index contributed by atoms with van der Waals surface area (Å²) in [5.41, 5.74) is 7.02. The van der Waals surface area contributed by atoms with Gasteiger partial charge in [-0.2, -0.15) is 0 Å². The van der Waals surface area contributed by atoms with Gasteiger partial charge in [-0.1, -0.05) is 0 Å². The Morgan fingerprint density at radius 1 is 1.14 bits per heavy atom. The van der Waals surface area contributed by atoms with E-state index in [0.29, 0.717) is 23.7 Å². The van der Waals surface area contributed by atoms with Crippen molar-refractivity contribution in [2.75, 3.05) is 17.7 Å². The predicted octanol–water partition coefficient (Wildman–Crippen LogP) is 2.06. The molecule has 21 heavy (non-hydrogen) atoms. The van der Waals surface area contributed by atoms with Crippen LogP contribution in [0.1, 0.15) is 6.92 Å². The molecule has 0 saturated heterocycles. The molecule has 0 fully saturated rings. The Morgan fingerprint density at radius 2 is 1.81 bits per heavy atom. The van der Waals surface area contributed by atoms with Crippen molar-refractivity contribution >= 4 is 27.1 Å². The third-order valence-electron chi connectivity index (χ3n) is 2.76. The van der Waals surface area contributed by atoms with Crippen LogP contribution in [-0.4, -0.2) is 15.0 Å². The summed E-state index contributed by atoms with van der Waals surface area (Å²) in [6, 6.07) is 11.7. The number of rotatable bonds is 5. The van der Waals surface area contributed by atoms with Gasteiger partial charge >= 0.3 is 0 Å². The highest BCUT2D eigenvalue weighted by Crippen LogP contribution is 2.27. The second-order valence-corrected chi connectivity index (χ2v) is 5.91. The minimum absolute atomic E-state index is 0.0450. The summed E-state index contributed by atoms with van der Waals surface area (Å²) >= 11 is 0. The number of benzene rings is 2. The summed E-state index contributed by atoms with van der Waals surface area (Å²) in [5, 5.41) is 8.21. The molecule has 0 atom stereocenters. The van der Waals surface area contributed by atoms with Gasteiger partial charge in [0.15, 0.2) is 0 Å². The lowest BCUT2D eigenvalue weighted by molar-refractivity contribution is 0.340. The predicted molar refractivity (Wildman–Crippen MR) is 83.1 cm³/mol. The van der Waals surface area contributed by atoms with Gasteiger partial charge < -0.3 is 15.8 Å². The van der Waals surface area contributed by atoms with E-state index in [1.807, 2.05) is 6.92 Å². The molecular weight excluding hydrogens is 290 g/mol. The molecule has 0 radical (unpaired) electrons. The number of sulfonamides is 1. The van der Waals surface area contributed by atoms with Gasteiger partial charge in [-0.3, -0.25) is 0 Å². The van der Waals surface area contributed by atoms with Crippen molar-refractivity contribution in [3.05, 3.63) is 42.5 Å². The average Bonchev–Trinajstić information content (AvgIpc) is 2.42. The molecule has 0 aromatic heterocycles. The maximum absolute atomic E-state index is 11.6. The van der Waals surface area contributed by atoms with Crippen LogP contribution in [0, 0.1) is 0 Å². The highest BCUT2D eigenvalue weighted by molar-refractivity contribution is 7.89. The van der Waals surface area contributed by atoms with E-state index >= 15 is 0 Å². The molecule has 6 nitrogen and oxygen atoms in total. The van der Waals surface area contributed by atoms with E-state index in [-0.39, 0.29) is 4.90 Å². The first kappa shape index (κ1) is 15.1. The van der Waals surface area contributed by atoms with Crippen molar-refractivity contribution in [2.24, 2.45) is 5.14 Å². The molecule has 0 bridgehead atoms. The van der Waals surface area contributed by atoms with Gasteiger partial charge in [-0.25, -0.2) is 13.6 Å². The summed E-state index contributed by atoms with van der Waals surface area (Å²) in [6.07, 6.45) is 0. The van der Waals surface area contributed by atoms with Gasteiger partial charge in [0.1, 0.15) is 10.6 Å². The molecule has 0 unspecified atom stereocenters. The summed E-state index contributed by atoms with van der Waals surface area (Å²) in [4.78, 5) is -0.0450. The minimum atomic E-state index is -3.86. The van der Waals surface area contributed by atoms with E-state index in [2.05, 4.69) is 5.32 Å². The summed E-state index contributed by atoms with van der Waals surface area (Å²) < 4.78 is 28.5. The standard InChI is InChI=1S/C14H17N3O3S/c1-2-20-12-6-4-11(5-7-12)17-13-8-3-10(15)9-14(13)21(16,18)19/h3-9,17H,2,15H2,1H3,(H2,16,18,19). The first-order chi connectivity index (χ1) is 9.90. The van der Waals surface area contributed by atoms with E-state index in [0.717, 1.165) is 5.75 Å². The number of hydrogen-bond acceptors (Lipinski definition) is 5. The minimum Gasteiger partial charge on any atom is -0.494 e. The zero-order valence-corrected chi connectivity index (χ0v) is 12.4. The van der Waals surface area contributed by atoms with Gasteiger partial charge in [0.25, 0.3) is 0 Å². The van der Waals surface area contributed by atoms with Crippen LogP contribution in [0.5, 0.6) is 5.75 Å². The van der Waals surface area contributed by atoms with Crippen molar-refractivity contribution in [3.8, 4) is 5.75 Å². The smallest absolute Gasteiger partial charge is 0.240 e. The average molecular weight is 307 g/mol. The van der Waals surface area contributed by atoms with Gasteiger partial charge in [0, 0.05) is 11.4 Å². The second kappa shape index (κ2) is 6.02. The van der Waals surface area contributed by atoms with Crippen molar-refractivity contribution in [3.63, 3.8) is 0 Å². The lowest BCUT2D eigenvalue weighted by Gasteiger charge is -2.12. The fraction of sp³-hybridized carbons (Fsp3) is 0.143. The van der Waals surface area contributed by atoms with Crippen LogP contribution in [0.4, 0.5) is 17.1 Å². The number of anilines is 3. The maximum Gasteiger partial charge on any atom is 0.240 e. The molecule has 112 valence electrons. The zero-order chi connectivity index (χ0) is 15.5. The fourth-order valence-electron chi connectivity index (χ4n) is 1.83. The van der Waals surface area contributed by atoms with Gasteiger partial charge in [0.2, 0.25) is 10.0 Å². The molecule has 7 heteroatoms. The second-order valence-electron chi connectivity index (χ2n) is 4.38. The summed E-state index contributed by atoms with van der Waals surface area (Å²) in [7, 11) is -3.86. The number of nitrogens with two attached hydrogens (primary N) is 2. The molecule has 0 heterocycles. The monoisotopic (exact) mass is 307 g/mol. The van der Waals surface area contributed by atoms with Crippen LogP contribution >= 0.6 is 0 Å². The van der Waals surface area contributed by atoms with E-state index in [1.165, 1.54) is 6.07 Å². The lowest BCUT2D eigenvalue weighted by atomic mass is 10.2. The molecule has 2 rings (SSSR count).